The lowest BCUT2D eigenvalue weighted by Crippen LogP contribution is -2.46. The van der Waals surface area contributed by atoms with E-state index >= 15 is 0 Å². The first-order chi connectivity index (χ1) is 16.7. The maximum absolute atomic E-state index is 12.8. The number of amides is 1. The van der Waals surface area contributed by atoms with Crippen LogP contribution >= 0.6 is 11.6 Å². The summed E-state index contributed by atoms with van der Waals surface area (Å²) in [7, 11) is 0. The Morgan fingerprint density at radius 3 is 2.54 bits per heavy atom. The monoisotopic (exact) mass is 502 g/mol. The number of nitrogens with zero attached hydrogens (tertiary/aromatic N) is 3. The van der Waals surface area contributed by atoms with Crippen LogP contribution in [0.1, 0.15) is 46.5 Å². The molecule has 3 heterocycles. The van der Waals surface area contributed by atoms with Gasteiger partial charge in [0.05, 0.1) is 24.2 Å². The Hall–Kier alpha value is -2.58. The zero-order valence-corrected chi connectivity index (χ0v) is 21.5. The highest BCUT2D eigenvalue weighted by Crippen LogP contribution is 2.25. The van der Waals surface area contributed by atoms with Crippen LogP contribution in [0.15, 0.2) is 35.3 Å². The number of likely N-dealkylation sites (tertiary alicyclic amines) is 1. The predicted octanol–water partition coefficient (Wildman–Crippen LogP) is 4.14. The van der Waals surface area contributed by atoms with Gasteiger partial charge in [-0.25, -0.2) is 0 Å². The summed E-state index contributed by atoms with van der Waals surface area (Å²) in [5.74, 6) is 1.31. The van der Waals surface area contributed by atoms with Gasteiger partial charge in [0.2, 0.25) is 5.91 Å². The van der Waals surface area contributed by atoms with Crippen molar-refractivity contribution >= 4 is 23.2 Å². The summed E-state index contributed by atoms with van der Waals surface area (Å²) < 4.78 is 12.9. The quantitative estimate of drug-likeness (QED) is 0.639. The molecule has 0 unspecified atom stereocenters. The minimum Gasteiger partial charge on any atom is -0.490 e. The van der Waals surface area contributed by atoms with Gasteiger partial charge in [-0.2, -0.15) is 9.78 Å². The molecular weight excluding hydrogens is 468 g/mol. The second kappa shape index (κ2) is 11.0. The summed E-state index contributed by atoms with van der Waals surface area (Å²) in [6.07, 6.45) is 5.38. The highest BCUT2D eigenvalue weighted by atomic mass is 35.5. The van der Waals surface area contributed by atoms with Gasteiger partial charge in [0.1, 0.15) is 16.9 Å². The topological polar surface area (TPSA) is 85.7 Å². The minimum atomic E-state index is -0.374. The molecule has 1 N–H and O–H groups in total. The van der Waals surface area contributed by atoms with Gasteiger partial charge < -0.3 is 19.7 Å². The number of piperidine rings is 1. The average molecular weight is 503 g/mol. The van der Waals surface area contributed by atoms with E-state index in [1.54, 1.807) is 18.3 Å². The molecule has 8 nitrogen and oxygen atoms in total. The number of anilines is 1. The molecule has 0 radical (unpaired) electrons. The van der Waals surface area contributed by atoms with E-state index < -0.39 is 0 Å². The molecule has 35 heavy (non-hydrogen) atoms. The second-order valence-electron chi connectivity index (χ2n) is 10.4. The highest BCUT2D eigenvalue weighted by Gasteiger charge is 2.30. The smallest absolute Gasteiger partial charge is 0.292 e. The van der Waals surface area contributed by atoms with Gasteiger partial charge in [0, 0.05) is 44.5 Å². The van der Waals surface area contributed by atoms with Crippen LogP contribution in [0.5, 0.6) is 5.75 Å². The van der Waals surface area contributed by atoms with Crippen molar-refractivity contribution in [3.8, 4) is 11.4 Å². The van der Waals surface area contributed by atoms with E-state index in [1.807, 2.05) is 37.8 Å². The second-order valence-corrected chi connectivity index (χ2v) is 10.8. The Morgan fingerprint density at radius 2 is 1.91 bits per heavy atom. The molecule has 9 heteroatoms. The van der Waals surface area contributed by atoms with Crippen LogP contribution in [-0.4, -0.2) is 59.5 Å². The van der Waals surface area contributed by atoms with E-state index in [9.17, 15) is 9.59 Å². The lowest BCUT2D eigenvalue weighted by atomic mass is 9.93. The van der Waals surface area contributed by atoms with E-state index in [0.717, 1.165) is 44.6 Å². The molecule has 2 aromatic rings. The van der Waals surface area contributed by atoms with Crippen molar-refractivity contribution in [2.45, 2.75) is 52.6 Å². The fourth-order valence-corrected chi connectivity index (χ4v) is 4.67. The Balaban J connectivity index is 1.34. The first-order valence-corrected chi connectivity index (χ1v) is 12.8. The zero-order chi connectivity index (χ0) is 25.0. The highest BCUT2D eigenvalue weighted by molar-refractivity contribution is 6.32. The van der Waals surface area contributed by atoms with Gasteiger partial charge in [-0.3, -0.25) is 9.59 Å². The SMILES string of the molecule is CC(C)(C)C(=O)N1CCC(Oc2ccc(-n3ncc(NC[C@@H]4CCCOC4)c(Cl)c3=O)cc2)CC1. The van der Waals surface area contributed by atoms with E-state index in [-0.39, 0.29) is 28.0 Å². The number of carbonyl (C=O) groups excluding carboxylic acids is 1. The molecule has 2 aliphatic rings. The summed E-state index contributed by atoms with van der Waals surface area (Å²) in [4.78, 5) is 27.2. The molecule has 0 saturated carbocycles. The number of halogens is 1. The molecule has 4 rings (SSSR count). The van der Waals surface area contributed by atoms with E-state index in [4.69, 9.17) is 21.1 Å². The Bertz CT molecular complexity index is 1070. The molecule has 2 aliphatic heterocycles. The fraction of sp³-hybridized carbons (Fsp3) is 0.577. The normalized spacial score (nSPS) is 19.4. The molecule has 1 atom stereocenters. The van der Waals surface area contributed by atoms with Gasteiger partial charge in [-0.1, -0.05) is 32.4 Å². The van der Waals surface area contributed by atoms with E-state index in [2.05, 4.69) is 10.4 Å². The number of hydrogen-bond acceptors (Lipinski definition) is 6. The first-order valence-electron chi connectivity index (χ1n) is 12.4. The molecule has 190 valence electrons. The Morgan fingerprint density at radius 1 is 1.20 bits per heavy atom. The lowest BCUT2D eigenvalue weighted by Gasteiger charge is -2.35. The third kappa shape index (κ3) is 6.35. The van der Waals surface area contributed by atoms with Crippen LogP contribution in [0.25, 0.3) is 5.69 Å². The van der Waals surface area contributed by atoms with Crippen molar-refractivity contribution in [3.05, 3.63) is 45.8 Å². The fourth-order valence-electron chi connectivity index (χ4n) is 4.47. The lowest BCUT2D eigenvalue weighted by molar-refractivity contribution is -0.141. The largest absolute Gasteiger partial charge is 0.490 e. The maximum Gasteiger partial charge on any atom is 0.292 e. The van der Waals surface area contributed by atoms with Crippen LogP contribution in [0.2, 0.25) is 5.02 Å². The number of benzene rings is 1. The predicted molar refractivity (Wildman–Crippen MR) is 137 cm³/mol. The van der Waals surface area contributed by atoms with Crippen LogP contribution in [-0.2, 0) is 9.53 Å². The van der Waals surface area contributed by atoms with Crippen molar-refractivity contribution in [2.24, 2.45) is 11.3 Å². The molecule has 0 spiro atoms. The molecular formula is C26H35ClN4O4. The molecule has 0 aliphatic carbocycles. The van der Waals surface area contributed by atoms with Crippen LogP contribution in [0, 0.1) is 11.3 Å². The zero-order valence-electron chi connectivity index (χ0n) is 20.8. The number of hydrogen-bond donors (Lipinski definition) is 1. The standard InChI is InChI=1S/C26H35ClN4O4/c1-26(2,3)25(33)30-12-10-21(11-13-30)35-20-8-6-19(7-9-20)31-24(32)23(27)22(16-29-31)28-15-18-5-4-14-34-17-18/h6-9,16,18,21,28H,4-5,10-15,17H2,1-3H3/t18-/m0/s1. The van der Waals surface area contributed by atoms with E-state index in [0.29, 0.717) is 36.9 Å². The number of aromatic nitrogens is 2. The van der Waals surface area contributed by atoms with E-state index in [1.165, 1.54) is 4.68 Å². The first kappa shape index (κ1) is 25.5. The Kier molecular flexibility index (Phi) is 8.02. The summed E-state index contributed by atoms with van der Waals surface area (Å²) in [6, 6.07) is 7.26. The van der Waals surface area contributed by atoms with Crippen molar-refractivity contribution in [1.82, 2.24) is 14.7 Å². The average Bonchev–Trinajstić information content (AvgIpc) is 2.86. The third-order valence-corrected chi connectivity index (χ3v) is 6.87. The van der Waals surface area contributed by atoms with Gasteiger partial charge in [0.25, 0.3) is 5.56 Å². The third-order valence-electron chi connectivity index (χ3n) is 6.51. The summed E-state index contributed by atoms with van der Waals surface area (Å²) >= 11 is 6.37. The minimum absolute atomic E-state index is 0.0556. The molecule has 1 aromatic heterocycles. The summed E-state index contributed by atoms with van der Waals surface area (Å²) in [5, 5.41) is 7.67. The Labute approximate surface area is 211 Å². The van der Waals surface area contributed by atoms with Gasteiger partial charge >= 0.3 is 0 Å². The molecule has 1 aromatic carbocycles. The number of rotatable bonds is 6. The van der Waals surface area contributed by atoms with Crippen molar-refractivity contribution in [1.29, 1.82) is 0 Å². The number of nitrogens with one attached hydrogen (secondary N) is 1. The van der Waals surface area contributed by atoms with Gasteiger partial charge in [-0.15, -0.1) is 0 Å². The van der Waals surface area contributed by atoms with Crippen LogP contribution < -0.4 is 15.6 Å². The molecule has 2 fully saturated rings. The van der Waals surface area contributed by atoms with Gasteiger partial charge in [-0.05, 0) is 43.0 Å². The number of ether oxygens (including phenoxy) is 2. The molecule has 0 bridgehead atoms. The summed E-state index contributed by atoms with van der Waals surface area (Å²) in [6.45, 7) is 9.47. The van der Waals surface area contributed by atoms with Crippen molar-refractivity contribution in [2.75, 3.05) is 38.2 Å². The van der Waals surface area contributed by atoms with Gasteiger partial charge in [0.15, 0.2) is 0 Å². The van der Waals surface area contributed by atoms with Crippen LogP contribution in [0.3, 0.4) is 0 Å². The summed E-state index contributed by atoms with van der Waals surface area (Å²) in [5.41, 5.74) is 0.412. The molecule has 1 amide bonds. The maximum atomic E-state index is 12.8. The van der Waals surface area contributed by atoms with Crippen LogP contribution in [0.4, 0.5) is 5.69 Å². The number of carbonyl (C=O) groups is 1. The molecule has 2 saturated heterocycles. The van der Waals surface area contributed by atoms with Crippen molar-refractivity contribution in [3.63, 3.8) is 0 Å². The van der Waals surface area contributed by atoms with Crippen molar-refractivity contribution < 1.29 is 14.3 Å².